The standard InChI is InChI=1S/C24H27FN2O3/c25-19-5-1-4-17(14-19)15-20-6-2-12-27(20)24(29)7-3-13-30-21-9-10-22-18(16-21)8-11-23(28)26-22/h1,4-5,9-10,14,16,20H,2-3,6-8,11-13,15H2,(H,26,28). The monoisotopic (exact) mass is 410 g/mol. The van der Waals surface area contributed by atoms with Gasteiger partial charge in [0.2, 0.25) is 11.8 Å². The van der Waals surface area contributed by atoms with Crippen molar-refractivity contribution in [2.75, 3.05) is 18.5 Å². The van der Waals surface area contributed by atoms with Crippen LogP contribution in [0.3, 0.4) is 0 Å². The third-order valence-electron chi connectivity index (χ3n) is 5.83. The average molecular weight is 410 g/mol. The van der Waals surface area contributed by atoms with Crippen molar-refractivity contribution in [1.29, 1.82) is 0 Å². The molecule has 6 heteroatoms. The lowest BCUT2D eigenvalue weighted by Gasteiger charge is -2.25. The summed E-state index contributed by atoms with van der Waals surface area (Å²) in [5, 5.41) is 2.86. The largest absolute Gasteiger partial charge is 0.494 e. The summed E-state index contributed by atoms with van der Waals surface area (Å²) in [4.78, 5) is 26.1. The molecule has 1 fully saturated rings. The molecule has 1 N–H and O–H groups in total. The number of nitrogens with one attached hydrogen (secondary N) is 1. The van der Waals surface area contributed by atoms with Gasteiger partial charge in [0.05, 0.1) is 6.61 Å². The van der Waals surface area contributed by atoms with E-state index < -0.39 is 0 Å². The minimum Gasteiger partial charge on any atom is -0.494 e. The first-order valence-corrected chi connectivity index (χ1v) is 10.7. The number of amides is 2. The van der Waals surface area contributed by atoms with Gasteiger partial charge in [-0.15, -0.1) is 0 Å². The molecular weight excluding hydrogens is 383 g/mol. The van der Waals surface area contributed by atoms with Gasteiger partial charge in [0.15, 0.2) is 0 Å². The Morgan fingerprint density at radius 2 is 2.10 bits per heavy atom. The SMILES string of the molecule is O=C1CCc2cc(OCCCC(=O)N3CCCC3Cc3cccc(F)c3)ccc2N1. The number of likely N-dealkylation sites (tertiary alicyclic amines) is 1. The Hall–Kier alpha value is -2.89. The van der Waals surface area contributed by atoms with Crippen LogP contribution in [0, 0.1) is 5.82 Å². The molecule has 2 aromatic rings. The number of carbonyl (C=O) groups excluding carboxylic acids is 2. The van der Waals surface area contributed by atoms with Crippen molar-refractivity contribution in [1.82, 2.24) is 4.90 Å². The van der Waals surface area contributed by atoms with Crippen LogP contribution in [0.1, 0.15) is 43.2 Å². The zero-order chi connectivity index (χ0) is 20.9. The van der Waals surface area contributed by atoms with Gasteiger partial charge in [0, 0.05) is 31.1 Å². The lowest BCUT2D eigenvalue weighted by atomic mass is 10.0. The van der Waals surface area contributed by atoms with Gasteiger partial charge in [-0.05, 0) is 73.6 Å². The summed E-state index contributed by atoms with van der Waals surface area (Å²) in [5.41, 5.74) is 2.87. The number of anilines is 1. The number of hydrogen-bond donors (Lipinski definition) is 1. The molecule has 0 aromatic heterocycles. The topological polar surface area (TPSA) is 58.6 Å². The number of hydrogen-bond acceptors (Lipinski definition) is 3. The number of fused-ring (bicyclic) bond motifs is 1. The maximum atomic E-state index is 13.4. The van der Waals surface area contributed by atoms with Crippen LogP contribution in [0.4, 0.5) is 10.1 Å². The Bertz CT molecular complexity index is 930. The molecule has 2 amide bonds. The fourth-order valence-corrected chi connectivity index (χ4v) is 4.32. The van der Waals surface area contributed by atoms with Crippen LogP contribution >= 0.6 is 0 Å². The summed E-state index contributed by atoms with van der Waals surface area (Å²) in [6.45, 7) is 1.25. The second kappa shape index (κ2) is 9.28. The smallest absolute Gasteiger partial charge is 0.224 e. The maximum absolute atomic E-state index is 13.4. The summed E-state index contributed by atoms with van der Waals surface area (Å²) < 4.78 is 19.3. The third kappa shape index (κ3) is 4.99. The number of rotatable bonds is 7. The highest BCUT2D eigenvalue weighted by Crippen LogP contribution is 2.27. The molecule has 1 unspecified atom stereocenters. The second-order valence-electron chi connectivity index (χ2n) is 8.04. The minimum absolute atomic E-state index is 0.0484. The molecule has 0 aliphatic carbocycles. The van der Waals surface area contributed by atoms with Crippen molar-refractivity contribution in [3.05, 3.63) is 59.4 Å². The lowest BCUT2D eigenvalue weighted by Crippen LogP contribution is -2.36. The van der Waals surface area contributed by atoms with E-state index in [9.17, 15) is 14.0 Å². The molecular formula is C24H27FN2O3. The van der Waals surface area contributed by atoms with E-state index >= 15 is 0 Å². The summed E-state index contributed by atoms with van der Waals surface area (Å²) >= 11 is 0. The molecule has 158 valence electrons. The first-order valence-electron chi connectivity index (χ1n) is 10.7. The van der Waals surface area contributed by atoms with Gasteiger partial charge >= 0.3 is 0 Å². The number of benzene rings is 2. The molecule has 0 saturated carbocycles. The highest BCUT2D eigenvalue weighted by molar-refractivity contribution is 5.94. The molecule has 5 nitrogen and oxygen atoms in total. The average Bonchev–Trinajstić information content (AvgIpc) is 3.19. The molecule has 0 bridgehead atoms. The summed E-state index contributed by atoms with van der Waals surface area (Å²) in [6.07, 6.45) is 4.97. The zero-order valence-corrected chi connectivity index (χ0v) is 17.0. The molecule has 2 aromatic carbocycles. The van der Waals surface area contributed by atoms with Gasteiger partial charge in [-0.3, -0.25) is 9.59 Å². The number of ether oxygens (including phenoxy) is 1. The van der Waals surface area contributed by atoms with E-state index in [1.54, 1.807) is 12.1 Å². The maximum Gasteiger partial charge on any atom is 0.224 e. The van der Waals surface area contributed by atoms with Crippen LogP contribution in [-0.2, 0) is 22.4 Å². The third-order valence-corrected chi connectivity index (χ3v) is 5.83. The highest BCUT2D eigenvalue weighted by Gasteiger charge is 2.28. The van der Waals surface area contributed by atoms with Crippen molar-refractivity contribution in [2.24, 2.45) is 0 Å². The van der Waals surface area contributed by atoms with Gasteiger partial charge in [-0.1, -0.05) is 12.1 Å². The molecule has 0 spiro atoms. The van der Waals surface area contributed by atoms with Gasteiger partial charge in [-0.2, -0.15) is 0 Å². The van der Waals surface area contributed by atoms with Crippen LogP contribution in [0.25, 0.3) is 0 Å². The van der Waals surface area contributed by atoms with Gasteiger partial charge < -0.3 is 15.0 Å². The zero-order valence-electron chi connectivity index (χ0n) is 17.0. The Morgan fingerprint density at radius 3 is 2.97 bits per heavy atom. The van der Waals surface area contributed by atoms with E-state index in [0.29, 0.717) is 32.3 Å². The lowest BCUT2D eigenvalue weighted by molar-refractivity contribution is -0.132. The summed E-state index contributed by atoms with van der Waals surface area (Å²) in [7, 11) is 0. The van der Waals surface area contributed by atoms with E-state index in [1.807, 2.05) is 29.2 Å². The summed E-state index contributed by atoms with van der Waals surface area (Å²) in [5.74, 6) is 0.727. The van der Waals surface area contributed by atoms with E-state index in [-0.39, 0.29) is 23.7 Å². The molecule has 1 saturated heterocycles. The number of carbonyl (C=O) groups is 2. The first kappa shape index (κ1) is 20.4. The van der Waals surface area contributed by atoms with Gasteiger partial charge in [0.25, 0.3) is 0 Å². The van der Waals surface area contributed by atoms with E-state index in [2.05, 4.69) is 5.32 Å². The van der Waals surface area contributed by atoms with Crippen molar-refractivity contribution >= 4 is 17.5 Å². The van der Waals surface area contributed by atoms with Crippen LogP contribution in [0.2, 0.25) is 0 Å². The fraction of sp³-hybridized carbons (Fsp3) is 0.417. The van der Waals surface area contributed by atoms with E-state index in [1.165, 1.54) is 6.07 Å². The Kier molecular flexibility index (Phi) is 6.31. The van der Waals surface area contributed by atoms with E-state index in [4.69, 9.17) is 4.74 Å². The normalized spacial score (nSPS) is 18.1. The number of nitrogens with zero attached hydrogens (tertiary/aromatic N) is 1. The van der Waals surface area contributed by atoms with Crippen molar-refractivity contribution in [2.45, 2.75) is 51.0 Å². The molecule has 4 rings (SSSR count). The quantitative estimate of drug-likeness (QED) is 0.699. The molecule has 2 aliphatic rings. The molecule has 30 heavy (non-hydrogen) atoms. The van der Waals surface area contributed by atoms with Crippen molar-refractivity contribution in [3.63, 3.8) is 0 Å². The summed E-state index contributed by atoms with van der Waals surface area (Å²) in [6, 6.07) is 12.5. The minimum atomic E-state index is -0.231. The highest BCUT2D eigenvalue weighted by atomic mass is 19.1. The fourth-order valence-electron chi connectivity index (χ4n) is 4.32. The second-order valence-corrected chi connectivity index (χ2v) is 8.04. The Balaban J connectivity index is 1.24. The number of aryl methyl sites for hydroxylation is 1. The van der Waals surface area contributed by atoms with Crippen molar-refractivity contribution < 1.29 is 18.7 Å². The predicted molar refractivity (Wildman–Crippen MR) is 113 cm³/mol. The number of halogens is 1. The van der Waals surface area contributed by atoms with Crippen LogP contribution in [0.15, 0.2) is 42.5 Å². The Morgan fingerprint density at radius 1 is 1.20 bits per heavy atom. The van der Waals surface area contributed by atoms with Gasteiger partial charge in [0.1, 0.15) is 11.6 Å². The van der Waals surface area contributed by atoms with Crippen molar-refractivity contribution in [3.8, 4) is 5.75 Å². The van der Waals surface area contributed by atoms with Gasteiger partial charge in [-0.25, -0.2) is 4.39 Å². The van der Waals surface area contributed by atoms with E-state index in [0.717, 1.165) is 48.4 Å². The molecule has 1 atom stereocenters. The van der Waals surface area contributed by atoms with Crippen LogP contribution in [0.5, 0.6) is 5.75 Å². The predicted octanol–water partition coefficient (Wildman–Crippen LogP) is 4.10. The molecule has 0 radical (unpaired) electrons. The van der Waals surface area contributed by atoms with Crippen LogP contribution < -0.4 is 10.1 Å². The van der Waals surface area contributed by atoms with Crippen LogP contribution in [-0.4, -0.2) is 35.9 Å². The Labute approximate surface area is 176 Å². The first-order chi connectivity index (χ1) is 14.6. The molecule has 2 aliphatic heterocycles. The molecule has 2 heterocycles.